The number of halogens is 1. The lowest BCUT2D eigenvalue weighted by atomic mass is 10.1. The first kappa shape index (κ1) is 15.1. The largest absolute Gasteiger partial charge is 0.507 e. The Labute approximate surface area is 138 Å². The average molecular weight is 325 g/mol. The zero-order valence-electron chi connectivity index (χ0n) is 12.0. The Morgan fingerprint density at radius 3 is 2.52 bits per heavy atom. The van der Waals surface area contributed by atoms with Crippen molar-refractivity contribution >= 4 is 34.5 Å². The zero-order chi connectivity index (χ0) is 16.2. The van der Waals surface area contributed by atoms with E-state index in [-0.39, 0.29) is 11.3 Å². The number of hydrazone groups is 1. The Kier molecular flexibility index (Phi) is 4.26. The predicted molar refractivity (Wildman–Crippen MR) is 92.1 cm³/mol. The van der Waals surface area contributed by atoms with Gasteiger partial charge < -0.3 is 5.11 Å². The number of amides is 1. The number of phenolic OH excluding ortho intramolecular Hbond substituents is 1. The summed E-state index contributed by atoms with van der Waals surface area (Å²) >= 11 is 5.88. The zero-order valence-corrected chi connectivity index (χ0v) is 12.8. The van der Waals surface area contributed by atoms with E-state index in [0.717, 1.165) is 16.3 Å². The highest BCUT2D eigenvalue weighted by Gasteiger charge is 2.11. The van der Waals surface area contributed by atoms with Crippen LogP contribution < -0.4 is 5.43 Å². The average Bonchev–Trinajstić information content (AvgIpc) is 2.54. The Bertz CT molecular complexity index is 906. The van der Waals surface area contributed by atoms with E-state index < -0.39 is 5.91 Å². The van der Waals surface area contributed by atoms with Crippen molar-refractivity contribution in [2.45, 2.75) is 0 Å². The smallest absolute Gasteiger partial charge is 0.275 e. The minimum atomic E-state index is -0.480. The maximum absolute atomic E-state index is 12.2. The normalized spacial score (nSPS) is 11.0. The highest BCUT2D eigenvalue weighted by molar-refractivity contribution is 6.30. The van der Waals surface area contributed by atoms with Gasteiger partial charge in [0.2, 0.25) is 0 Å². The molecule has 23 heavy (non-hydrogen) atoms. The molecule has 0 radical (unpaired) electrons. The van der Waals surface area contributed by atoms with Gasteiger partial charge in [0, 0.05) is 5.02 Å². The third-order valence-corrected chi connectivity index (χ3v) is 3.57. The minimum absolute atomic E-state index is 0.0841. The second kappa shape index (κ2) is 6.50. The summed E-state index contributed by atoms with van der Waals surface area (Å²) in [6.07, 6.45) is 1.49. The van der Waals surface area contributed by atoms with Crippen molar-refractivity contribution in [2.75, 3.05) is 0 Å². The van der Waals surface area contributed by atoms with E-state index in [1.807, 2.05) is 30.3 Å². The third-order valence-electron chi connectivity index (χ3n) is 3.34. The molecule has 3 aromatic carbocycles. The fourth-order valence-corrected chi connectivity index (χ4v) is 2.42. The predicted octanol–water partition coefficient (Wildman–Crippen LogP) is 3.96. The molecular weight excluding hydrogens is 312 g/mol. The van der Waals surface area contributed by atoms with Gasteiger partial charge in [-0.05, 0) is 40.6 Å². The van der Waals surface area contributed by atoms with E-state index in [1.165, 1.54) is 6.21 Å². The second-order valence-corrected chi connectivity index (χ2v) is 5.41. The van der Waals surface area contributed by atoms with Crippen LogP contribution in [0.4, 0.5) is 0 Å². The van der Waals surface area contributed by atoms with Gasteiger partial charge in [-0.2, -0.15) is 5.10 Å². The molecule has 0 spiro atoms. The number of rotatable bonds is 3. The topological polar surface area (TPSA) is 61.7 Å². The molecule has 0 aliphatic heterocycles. The molecule has 0 fully saturated rings. The lowest BCUT2D eigenvalue weighted by Crippen LogP contribution is -2.17. The van der Waals surface area contributed by atoms with Gasteiger partial charge in [-0.3, -0.25) is 4.79 Å². The van der Waals surface area contributed by atoms with Crippen LogP contribution in [0.25, 0.3) is 10.8 Å². The first-order valence-electron chi connectivity index (χ1n) is 6.94. The molecule has 5 heteroatoms. The Balaban J connectivity index is 1.79. The van der Waals surface area contributed by atoms with Crippen molar-refractivity contribution < 1.29 is 9.90 Å². The molecule has 0 bridgehead atoms. The summed E-state index contributed by atoms with van der Waals surface area (Å²) in [6, 6.07) is 17.8. The SMILES string of the molecule is O=C(NN=Cc1cccc(Cl)c1)c1cc2ccccc2cc1O. The first-order chi connectivity index (χ1) is 11.1. The molecule has 0 aliphatic rings. The van der Waals surface area contributed by atoms with Crippen LogP contribution in [0.2, 0.25) is 5.02 Å². The Morgan fingerprint density at radius 1 is 1.04 bits per heavy atom. The van der Waals surface area contributed by atoms with Gasteiger partial charge in [-0.15, -0.1) is 0 Å². The number of hydrogen-bond acceptors (Lipinski definition) is 3. The van der Waals surface area contributed by atoms with Crippen LogP contribution in [0.15, 0.2) is 65.8 Å². The molecule has 0 saturated heterocycles. The molecular formula is C18H13ClN2O2. The molecule has 0 aliphatic carbocycles. The Hall–Kier alpha value is -2.85. The van der Waals surface area contributed by atoms with Crippen LogP contribution in [0.3, 0.4) is 0 Å². The van der Waals surface area contributed by atoms with Crippen molar-refractivity contribution in [1.29, 1.82) is 0 Å². The number of phenols is 1. The molecule has 1 amide bonds. The summed E-state index contributed by atoms with van der Waals surface area (Å²) in [5.41, 5.74) is 3.34. The van der Waals surface area contributed by atoms with Crippen LogP contribution in [0.1, 0.15) is 15.9 Å². The molecule has 3 rings (SSSR count). The quantitative estimate of drug-likeness (QED) is 0.566. The highest BCUT2D eigenvalue weighted by atomic mass is 35.5. The number of aromatic hydroxyl groups is 1. The van der Waals surface area contributed by atoms with Gasteiger partial charge >= 0.3 is 0 Å². The highest BCUT2D eigenvalue weighted by Crippen LogP contribution is 2.24. The number of carbonyl (C=O) groups is 1. The summed E-state index contributed by atoms with van der Waals surface area (Å²) < 4.78 is 0. The molecule has 114 valence electrons. The summed E-state index contributed by atoms with van der Waals surface area (Å²) in [4.78, 5) is 12.2. The number of nitrogens with one attached hydrogen (secondary N) is 1. The monoisotopic (exact) mass is 324 g/mol. The van der Waals surface area contributed by atoms with Crippen LogP contribution in [0, 0.1) is 0 Å². The number of nitrogens with zero attached hydrogens (tertiary/aromatic N) is 1. The number of fused-ring (bicyclic) bond motifs is 1. The fraction of sp³-hybridized carbons (Fsp3) is 0. The lowest BCUT2D eigenvalue weighted by molar-refractivity contribution is 0.0952. The molecule has 0 heterocycles. The Morgan fingerprint density at radius 2 is 1.78 bits per heavy atom. The van der Waals surface area contributed by atoms with Crippen molar-refractivity contribution in [1.82, 2.24) is 5.43 Å². The van der Waals surface area contributed by atoms with E-state index in [0.29, 0.717) is 5.02 Å². The van der Waals surface area contributed by atoms with Gasteiger partial charge in [0.15, 0.2) is 0 Å². The number of carbonyl (C=O) groups excluding carboxylic acids is 1. The van der Waals surface area contributed by atoms with E-state index in [1.54, 1.807) is 30.3 Å². The molecule has 3 aromatic rings. The summed E-state index contributed by atoms with van der Waals surface area (Å²) in [6.45, 7) is 0. The molecule has 0 saturated carbocycles. The van der Waals surface area contributed by atoms with Crippen LogP contribution in [0.5, 0.6) is 5.75 Å². The van der Waals surface area contributed by atoms with Crippen molar-refractivity contribution in [3.05, 3.63) is 76.8 Å². The van der Waals surface area contributed by atoms with Gasteiger partial charge in [0.1, 0.15) is 5.75 Å². The van der Waals surface area contributed by atoms with Crippen LogP contribution in [-0.2, 0) is 0 Å². The van der Waals surface area contributed by atoms with E-state index in [4.69, 9.17) is 11.6 Å². The summed E-state index contributed by atoms with van der Waals surface area (Å²) in [5, 5.41) is 16.2. The molecule has 2 N–H and O–H groups in total. The van der Waals surface area contributed by atoms with Gasteiger partial charge in [0.25, 0.3) is 5.91 Å². The fourth-order valence-electron chi connectivity index (χ4n) is 2.22. The van der Waals surface area contributed by atoms with Gasteiger partial charge in [-0.1, -0.05) is 48.0 Å². The van der Waals surface area contributed by atoms with E-state index in [2.05, 4.69) is 10.5 Å². The van der Waals surface area contributed by atoms with Crippen molar-refractivity contribution in [3.63, 3.8) is 0 Å². The standard InChI is InChI=1S/C18H13ClN2O2/c19-15-7-3-4-12(8-15)11-20-21-18(23)16-9-13-5-1-2-6-14(13)10-17(16)22/h1-11,22H,(H,21,23). The summed E-state index contributed by atoms with van der Waals surface area (Å²) in [5.74, 6) is -0.564. The van der Waals surface area contributed by atoms with Crippen LogP contribution >= 0.6 is 11.6 Å². The second-order valence-electron chi connectivity index (χ2n) is 4.97. The maximum Gasteiger partial charge on any atom is 0.275 e. The number of benzene rings is 3. The number of hydrogen-bond donors (Lipinski definition) is 2. The minimum Gasteiger partial charge on any atom is -0.507 e. The van der Waals surface area contributed by atoms with E-state index >= 15 is 0 Å². The van der Waals surface area contributed by atoms with Crippen LogP contribution in [-0.4, -0.2) is 17.2 Å². The third kappa shape index (κ3) is 3.49. The van der Waals surface area contributed by atoms with Gasteiger partial charge in [0.05, 0.1) is 11.8 Å². The van der Waals surface area contributed by atoms with E-state index in [9.17, 15) is 9.90 Å². The molecule has 0 unspecified atom stereocenters. The van der Waals surface area contributed by atoms with Gasteiger partial charge in [-0.25, -0.2) is 5.43 Å². The van der Waals surface area contributed by atoms with Crippen molar-refractivity contribution in [2.24, 2.45) is 5.10 Å². The first-order valence-corrected chi connectivity index (χ1v) is 7.32. The molecule has 4 nitrogen and oxygen atoms in total. The summed E-state index contributed by atoms with van der Waals surface area (Å²) in [7, 11) is 0. The molecule has 0 atom stereocenters. The lowest BCUT2D eigenvalue weighted by Gasteiger charge is -2.05. The molecule has 0 aromatic heterocycles. The maximum atomic E-state index is 12.2. The van der Waals surface area contributed by atoms with Crippen molar-refractivity contribution in [3.8, 4) is 5.75 Å².